The number of aliphatic hydroxyl groups is 1. The van der Waals surface area contributed by atoms with Crippen LogP contribution in [0.15, 0.2) is 65.8 Å². The van der Waals surface area contributed by atoms with Gasteiger partial charge in [-0.15, -0.1) is 11.3 Å². The van der Waals surface area contributed by atoms with Crippen LogP contribution in [0.1, 0.15) is 41.5 Å². The van der Waals surface area contributed by atoms with Crippen molar-refractivity contribution in [3.8, 4) is 5.75 Å². The number of ether oxygens (including phenoxy) is 1. The fourth-order valence-electron chi connectivity index (χ4n) is 3.94. The van der Waals surface area contributed by atoms with Gasteiger partial charge in [-0.25, -0.2) is 0 Å². The van der Waals surface area contributed by atoms with Gasteiger partial charge >= 0.3 is 0 Å². The van der Waals surface area contributed by atoms with Gasteiger partial charge in [0.15, 0.2) is 5.76 Å². The molecule has 1 aromatic heterocycles. The third-order valence-corrected chi connectivity index (χ3v) is 6.47. The number of thiophene rings is 1. The molecular weight excluding hydrogens is 424 g/mol. The normalized spacial score (nSPS) is 16.2. The first-order valence-corrected chi connectivity index (χ1v) is 11.8. The van der Waals surface area contributed by atoms with Crippen molar-refractivity contribution < 1.29 is 19.4 Å². The van der Waals surface area contributed by atoms with Crippen molar-refractivity contribution in [3.63, 3.8) is 0 Å². The number of carbonyl (C=O) groups is 2. The minimum Gasteiger partial charge on any atom is -0.503 e. The number of hydrogen-bond donors (Lipinski definition) is 1. The summed E-state index contributed by atoms with van der Waals surface area (Å²) >= 11 is 1.29. The number of amides is 1. The maximum atomic E-state index is 13.3. The monoisotopic (exact) mass is 454 g/mol. The molecule has 0 spiro atoms. The Labute approximate surface area is 193 Å². The van der Waals surface area contributed by atoms with Gasteiger partial charge < -0.3 is 19.6 Å². The summed E-state index contributed by atoms with van der Waals surface area (Å²) in [7, 11) is 0. The van der Waals surface area contributed by atoms with Gasteiger partial charge in [0, 0.05) is 6.54 Å². The van der Waals surface area contributed by atoms with Gasteiger partial charge in [-0.3, -0.25) is 9.59 Å². The number of rotatable bonds is 12. The molecule has 2 aromatic rings. The Kier molecular flexibility index (Phi) is 8.25. The van der Waals surface area contributed by atoms with Crippen molar-refractivity contribution in [2.24, 2.45) is 0 Å². The van der Waals surface area contributed by atoms with E-state index in [0.29, 0.717) is 23.8 Å². The molecule has 3 rings (SSSR count). The van der Waals surface area contributed by atoms with Crippen molar-refractivity contribution in [3.05, 3.63) is 76.2 Å². The molecule has 0 saturated heterocycles. The molecule has 0 radical (unpaired) electrons. The molecule has 2 heterocycles. The fourth-order valence-corrected chi connectivity index (χ4v) is 4.62. The average Bonchev–Trinajstić information content (AvgIpc) is 3.43. The molecule has 1 aromatic carbocycles. The van der Waals surface area contributed by atoms with Crippen molar-refractivity contribution >= 4 is 23.0 Å². The summed E-state index contributed by atoms with van der Waals surface area (Å²) in [5, 5.41) is 12.6. The number of carbonyl (C=O) groups excluding carboxylic acids is 2. The van der Waals surface area contributed by atoms with E-state index >= 15 is 0 Å². The van der Waals surface area contributed by atoms with Crippen LogP contribution in [0.3, 0.4) is 0 Å². The van der Waals surface area contributed by atoms with Gasteiger partial charge in [0.2, 0.25) is 5.78 Å². The number of nitrogens with zero attached hydrogens (tertiary/aromatic N) is 2. The Morgan fingerprint density at radius 2 is 2.06 bits per heavy atom. The predicted molar refractivity (Wildman–Crippen MR) is 127 cm³/mol. The summed E-state index contributed by atoms with van der Waals surface area (Å²) in [6.07, 6.45) is 2.40. The molecular formula is C25H30N2O4S. The molecule has 1 atom stereocenters. The molecule has 1 amide bonds. The number of Topliss-reactive ketones (excluding diaryl/α,β-unsaturated/α-hetero) is 1. The summed E-state index contributed by atoms with van der Waals surface area (Å²) in [5.41, 5.74) is 0.855. The first kappa shape index (κ1) is 23.8. The van der Waals surface area contributed by atoms with Crippen LogP contribution in [0.25, 0.3) is 0 Å². The minimum atomic E-state index is -0.666. The van der Waals surface area contributed by atoms with Crippen LogP contribution in [0, 0.1) is 0 Å². The number of benzene rings is 1. The van der Waals surface area contributed by atoms with Crippen LogP contribution in [0.5, 0.6) is 5.75 Å². The molecule has 1 N–H and O–H groups in total. The molecule has 32 heavy (non-hydrogen) atoms. The number of aliphatic hydroxyl groups excluding tert-OH is 1. The van der Waals surface area contributed by atoms with Crippen molar-refractivity contribution in [1.82, 2.24) is 9.80 Å². The predicted octanol–water partition coefficient (Wildman–Crippen LogP) is 4.62. The second kappa shape index (κ2) is 11.1. The molecule has 1 aliphatic rings. The highest BCUT2D eigenvalue weighted by atomic mass is 32.1. The van der Waals surface area contributed by atoms with Crippen LogP contribution in [0.4, 0.5) is 0 Å². The van der Waals surface area contributed by atoms with Crippen LogP contribution in [0.2, 0.25) is 0 Å². The van der Waals surface area contributed by atoms with Crippen molar-refractivity contribution in [2.75, 3.05) is 32.8 Å². The quantitative estimate of drug-likeness (QED) is 0.374. The van der Waals surface area contributed by atoms with Crippen LogP contribution in [-0.4, -0.2) is 59.4 Å². The van der Waals surface area contributed by atoms with Gasteiger partial charge in [-0.2, -0.15) is 0 Å². The summed E-state index contributed by atoms with van der Waals surface area (Å²) < 4.78 is 5.66. The minimum absolute atomic E-state index is 0.126. The largest absolute Gasteiger partial charge is 0.503 e. The van der Waals surface area contributed by atoms with Gasteiger partial charge in [0.25, 0.3) is 5.91 Å². The van der Waals surface area contributed by atoms with E-state index in [9.17, 15) is 14.7 Å². The zero-order chi connectivity index (χ0) is 23.1. The van der Waals surface area contributed by atoms with Crippen LogP contribution in [-0.2, 0) is 4.79 Å². The average molecular weight is 455 g/mol. The number of ketones is 1. The lowest BCUT2D eigenvalue weighted by Crippen LogP contribution is -2.34. The van der Waals surface area contributed by atoms with E-state index in [1.54, 1.807) is 23.1 Å². The Bertz CT molecular complexity index is 980. The Hall–Kier alpha value is -2.90. The molecule has 7 heteroatoms. The van der Waals surface area contributed by atoms with Crippen molar-refractivity contribution in [1.29, 1.82) is 0 Å². The summed E-state index contributed by atoms with van der Waals surface area (Å²) in [6, 6.07) is 10.2. The maximum Gasteiger partial charge on any atom is 0.290 e. The molecule has 0 unspecified atom stereocenters. The van der Waals surface area contributed by atoms with Crippen LogP contribution < -0.4 is 4.74 Å². The molecule has 170 valence electrons. The Morgan fingerprint density at radius 3 is 2.72 bits per heavy atom. The van der Waals surface area contributed by atoms with Crippen LogP contribution >= 0.6 is 11.3 Å². The topological polar surface area (TPSA) is 70.1 Å². The third kappa shape index (κ3) is 5.11. The smallest absolute Gasteiger partial charge is 0.290 e. The zero-order valence-corrected chi connectivity index (χ0v) is 19.4. The summed E-state index contributed by atoms with van der Waals surface area (Å²) in [5.74, 6) is -0.674. The van der Waals surface area contributed by atoms with Crippen molar-refractivity contribution in [2.45, 2.75) is 26.3 Å². The maximum absolute atomic E-state index is 13.3. The highest BCUT2D eigenvalue weighted by Crippen LogP contribution is 2.40. The third-order valence-electron chi connectivity index (χ3n) is 5.60. The van der Waals surface area contributed by atoms with Gasteiger partial charge in [-0.1, -0.05) is 44.7 Å². The fraction of sp³-hybridized carbons (Fsp3) is 0.360. The molecule has 6 nitrogen and oxygen atoms in total. The van der Waals surface area contributed by atoms with E-state index in [1.165, 1.54) is 11.3 Å². The van der Waals surface area contributed by atoms with Gasteiger partial charge in [0.1, 0.15) is 12.4 Å². The van der Waals surface area contributed by atoms with E-state index in [1.807, 2.05) is 29.6 Å². The summed E-state index contributed by atoms with van der Waals surface area (Å²) in [4.78, 5) is 30.7. The molecule has 0 saturated carbocycles. The highest BCUT2D eigenvalue weighted by molar-refractivity contribution is 7.12. The van der Waals surface area contributed by atoms with E-state index in [4.69, 9.17) is 4.74 Å². The lowest BCUT2D eigenvalue weighted by atomic mass is 9.95. The molecule has 0 bridgehead atoms. The zero-order valence-electron chi connectivity index (χ0n) is 18.6. The molecule has 0 aliphatic carbocycles. The summed E-state index contributed by atoms with van der Waals surface area (Å²) in [6.45, 7) is 11.4. The van der Waals surface area contributed by atoms with E-state index < -0.39 is 17.7 Å². The van der Waals surface area contributed by atoms with E-state index in [2.05, 4.69) is 25.3 Å². The van der Waals surface area contributed by atoms with Gasteiger partial charge in [0.05, 0.1) is 16.5 Å². The lowest BCUT2D eigenvalue weighted by molar-refractivity contribution is -0.129. The first-order chi connectivity index (χ1) is 15.5. The second-order valence-electron chi connectivity index (χ2n) is 7.52. The first-order valence-electron chi connectivity index (χ1n) is 10.9. The Balaban J connectivity index is 1.95. The highest BCUT2D eigenvalue weighted by Gasteiger charge is 2.43. The van der Waals surface area contributed by atoms with Gasteiger partial charge in [-0.05, 0) is 55.2 Å². The second-order valence-corrected chi connectivity index (χ2v) is 8.47. The lowest BCUT2D eigenvalue weighted by Gasteiger charge is -2.28. The molecule has 0 fully saturated rings. The Morgan fingerprint density at radius 1 is 1.28 bits per heavy atom. The standard InChI is InChI=1S/C25H30N2O4S/c1-4-15-31-19-11-7-10-18(17-19)22-21(23(28)20-12-8-16-32-20)24(29)25(30)27(22)14-9-13-26(5-2)6-3/h4,7-8,10-12,16-17,22,29H,1,5-6,9,13-15H2,2-3H3/t22-/m0/s1. The number of hydrogen-bond acceptors (Lipinski definition) is 6. The SMILES string of the molecule is C=CCOc1cccc([C@H]2C(C(=O)c3cccs3)=C(O)C(=O)N2CCCN(CC)CC)c1. The van der Waals surface area contributed by atoms with E-state index in [-0.39, 0.29) is 11.4 Å². The van der Waals surface area contributed by atoms with E-state index in [0.717, 1.165) is 31.6 Å². The molecule has 1 aliphatic heterocycles.